The number of hydrogen-bond acceptors (Lipinski definition) is 2. The zero-order chi connectivity index (χ0) is 17.5. The molecule has 132 valence electrons. The van der Waals surface area contributed by atoms with Crippen LogP contribution in [-0.4, -0.2) is 27.2 Å². The van der Waals surface area contributed by atoms with E-state index >= 15 is 0 Å². The Hall–Kier alpha value is -0.120. The first kappa shape index (κ1) is 19.2. The van der Waals surface area contributed by atoms with Gasteiger partial charge < -0.3 is 9.84 Å². The highest BCUT2D eigenvalue weighted by atomic mass is 79.9. The minimum atomic E-state index is -0.489. The van der Waals surface area contributed by atoms with Gasteiger partial charge in [-0.05, 0) is 64.2 Å². The topological polar surface area (TPSA) is 29.5 Å². The van der Waals surface area contributed by atoms with Gasteiger partial charge in [0, 0.05) is 4.83 Å². The molecule has 0 aromatic heterocycles. The molecule has 0 saturated carbocycles. The van der Waals surface area contributed by atoms with Gasteiger partial charge in [0.05, 0.1) is 17.3 Å². The van der Waals surface area contributed by atoms with Crippen LogP contribution in [0.2, 0.25) is 0 Å². The van der Waals surface area contributed by atoms with Gasteiger partial charge in [-0.2, -0.15) is 0 Å². The summed E-state index contributed by atoms with van der Waals surface area (Å²) in [5, 5.41) is 10.6. The van der Waals surface area contributed by atoms with Gasteiger partial charge >= 0.3 is 0 Å². The average Bonchev–Trinajstić information content (AvgIpc) is 2.47. The van der Waals surface area contributed by atoms with Crippen molar-refractivity contribution < 1.29 is 9.84 Å². The molecule has 2 aliphatic rings. The number of alkyl halides is 1. The molecule has 0 aromatic carbocycles. The van der Waals surface area contributed by atoms with E-state index in [9.17, 15) is 5.11 Å². The second kappa shape index (κ2) is 6.65. The molecule has 5 atom stereocenters. The van der Waals surface area contributed by atoms with Crippen LogP contribution in [0.1, 0.15) is 66.7 Å². The highest BCUT2D eigenvalue weighted by Crippen LogP contribution is 2.48. The van der Waals surface area contributed by atoms with Crippen LogP contribution in [0.5, 0.6) is 0 Å². The molecule has 0 radical (unpaired) electrons. The lowest BCUT2D eigenvalue weighted by atomic mass is 9.65. The van der Waals surface area contributed by atoms with Gasteiger partial charge in [-0.3, -0.25) is 0 Å². The van der Waals surface area contributed by atoms with E-state index in [0.717, 1.165) is 32.1 Å². The fourth-order valence-corrected chi connectivity index (χ4v) is 4.82. The van der Waals surface area contributed by atoms with Gasteiger partial charge in [-0.25, -0.2) is 0 Å². The molecule has 0 unspecified atom stereocenters. The Labute approximate surface area is 150 Å². The van der Waals surface area contributed by atoms with Gasteiger partial charge in [0.2, 0.25) is 0 Å². The summed E-state index contributed by atoms with van der Waals surface area (Å²) in [5.74, 6) is 0.519. The van der Waals surface area contributed by atoms with Crippen molar-refractivity contribution >= 4 is 15.9 Å². The molecule has 0 aromatic rings. The van der Waals surface area contributed by atoms with Crippen LogP contribution in [0.25, 0.3) is 0 Å². The molecule has 0 amide bonds. The van der Waals surface area contributed by atoms with Gasteiger partial charge in [-0.1, -0.05) is 47.5 Å². The maximum Gasteiger partial charge on any atom is 0.0924 e. The molecule has 1 fully saturated rings. The van der Waals surface area contributed by atoms with Crippen molar-refractivity contribution in [2.45, 2.75) is 88.9 Å². The third-order valence-electron chi connectivity index (χ3n) is 6.35. The van der Waals surface area contributed by atoms with Crippen molar-refractivity contribution in [3.63, 3.8) is 0 Å². The molecule has 2 nitrogen and oxygen atoms in total. The molecule has 0 spiro atoms. The van der Waals surface area contributed by atoms with Gasteiger partial charge in [0.25, 0.3) is 0 Å². The summed E-state index contributed by atoms with van der Waals surface area (Å²) in [6, 6.07) is 0. The van der Waals surface area contributed by atoms with Crippen molar-refractivity contribution in [2.24, 2.45) is 11.3 Å². The number of aliphatic hydroxyl groups is 1. The molecule has 1 N–H and O–H groups in total. The summed E-state index contributed by atoms with van der Waals surface area (Å²) >= 11 is 3.86. The van der Waals surface area contributed by atoms with E-state index in [0.29, 0.717) is 10.7 Å². The normalized spacial score (nSPS) is 43.8. The number of allylic oxidation sites excluding steroid dienone is 2. The first-order valence-electron chi connectivity index (χ1n) is 8.87. The summed E-state index contributed by atoms with van der Waals surface area (Å²) in [5.41, 5.74) is 0.887. The zero-order valence-electron chi connectivity index (χ0n) is 15.4. The van der Waals surface area contributed by atoms with Crippen molar-refractivity contribution in [3.05, 3.63) is 24.3 Å². The lowest BCUT2D eigenvalue weighted by molar-refractivity contribution is -0.209. The lowest BCUT2D eigenvalue weighted by Crippen LogP contribution is -2.53. The first-order valence-corrected chi connectivity index (χ1v) is 9.78. The highest BCUT2D eigenvalue weighted by molar-refractivity contribution is 9.09. The predicted molar refractivity (Wildman–Crippen MR) is 101 cm³/mol. The van der Waals surface area contributed by atoms with Crippen LogP contribution < -0.4 is 0 Å². The van der Waals surface area contributed by atoms with Crippen molar-refractivity contribution in [1.29, 1.82) is 0 Å². The van der Waals surface area contributed by atoms with Crippen molar-refractivity contribution in [1.82, 2.24) is 0 Å². The van der Waals surface area contributed by atoms with Crippen molar-refractivity contribution in [3.8, 4) is 0 Å². The Morgan fingerprint density at radius 1 is 1.39 bits per heavy atom. The van der Waals surface area contributed by atoms with Crippen LogP contribution in [0.3, 0.4) is 0 Å². The molecule has 1 aliphatic carbocycles. The summed E-state index contributed by atoms with van der Waals surface area (Å²) in [4.78, 5) is 0.507. The van der Waals surface area contributed by atoms with Crippen LogP contribution in [0, 0.1) is 11.3 Å². The number of ether oxygens (including phenoxy) is 1. The number of aliphatic hydroxyl groups excluding tert-OH is 1. The molecule has 1 heterocycles. The Balaban J connectivity index is 2.13. The van der Waals surface area contributed by atoms with Gasteiger partial charge in [-0.15, -0.1) is 6.58 Å². The first-order chi connectivity index (χ1) is 10.5. The molecule has 23 heavy (non-hydrogen) atoms. The Morgan fingerprint density at radius 2 is 2.04 bits per heavy atom. The third kappa shape index (κ3) is 3.77. The molecule has 1 saturated heterocycles. The molecule has 1 aliphatic heterocycles. The maximum atomic E-state index is 10.6. The minimum Gasteiger partial charge on any atom is -0.390 e. The Bertz CT molecular complexity index is 484. The quantitative estimate of drug-likeness (QED) is 0.519. The molecule has 3 heteroatoms. The monoisotopic (exact) mass is 384 g/mol. The van der Waals surface area contributed by atoms with E-state index in [1.807, 2.05) is 6.08 Å². The van der Waals surface area contributed by atoms with E-state index in [1.165, 1.54) is 5.57 Å². The summed E-state index contributed by atoms with van der Waals surface area (Å²) in [6.45, 7) is 15.0. The lowest BCUT2D eigenvalue weighted by Gasteiger charge is -2.49. The number of hydrogen-bond donors (Lipinski definition) is 1. The molecule has 0 bridgehead atoms. The molecular weight excluding hydrogens is 352 g/mol. The van der Waals surface area contributed by atoms with Crippen LogP contribution in [0.15, 0.2) is 24.3 Å². The second-order valence-electron chi connectivity index (χ2n) is 8.55. The van der Waals surface area contributed by atoms with Crippen LogP contribution >= 0.6 is 15.9 Å². The summed E-state index contributed by atoms with van der Waals surface area (Å²) in [6.07, 6.45) is 8.49. The van der Waals surface area contributed by atoms with E-state index in [-0.39, 0.29) is 11.0 Å². The van der Waals surface area contributed by atoms with E-state index in [2.05, 4.69) is 63.2 Å². The maximum absolute atomic E-state index is 10.6. The largest absolute Gasteiger partial charge is 0.390 e. The standard InChI is InChI=1S/C20H33BrO2/c1-7-19(5)12-11-17(22)20(6,23-19)13-10-15-14(2)8-9-16(21)18(15,3)4/h7-8,15-17,22H,1,9-13H2,2-6H3/t15-,16+,17-,19-,20-/m1/s1. The Kier molecular flexibility index (Phi) is 5.55. The number of halogens is 1. The van der Waals surface area contributed by atoms with Crippen molar-refractivity contribution in [2.75, 3.05) is 0 Å². The SMILES string of the molecule is C=C[C@]1(C)CC[C@@H](O)[C@@](C)(CC[C@@H]2C(C)=CC[C@H](Br)C2(C)C)O1. The Morgan fingerprint density at radius 3 is 2.65 bits per heavy atom. The fourth-order valence-electron chi connectivity index (χ4n) is 4.31. The third-order valence-corrected chi connectivity index (χ3v) is 7.90. The van der Waals surface area contributed by atoms with E-state index in [4.69, 9.17) is 4.74 Å². The summed E-state index contributed by atoms with van der Waals surface area (Å²) in [7, 11) is 0. The predicted octanol–water partition coefficient (Wildman–Crippen LogP) is 5.40. The highest BCUT2D eigenvalue weighted by Gasteiger charge is 2.46. The smallest absolute Gasteiger partial charge is 0.0924 e. The van der Waals surface area contributed by atoms with E-state index < -0.39 is 11.7 Å². The molecular formula is C20H33BrO2. The minimum absolute atomic E-state index is 0.219. The zero-order valence-corrected chi connectivity index (χ0v) is 16.9. The van der Waals surface area contributed by atoms with E-state index in [1.54, 1.807) is 0 Å². The van der Waals surface area contributed by atoms with Gasteiger partial charge in [0.15, 0.2) is 0 Å². The number of rotatable bonds is 4. The van der Waals surface area contributed by atoms with Crippen LogP contribution in [-0.2, 0) is 4.74 Å². The fraction of sp³-hybridized carbons (Fsp3) is 0.800. The van der Waals surface area contributed by atoms with Gasteiger partial charge in [0.1, 0.15) is 0 Å². The summed E-state index contributed by atoms with van der Waals surface area (Å²) < 4.78 is 6.34. The van der Waals surface area contributed by atoms with Crippen LogP contribution in [0.4, 0.5) is 0 Å². The molecule has 2 rings (SSSR count). The average molecular weight is 385 g/mol. The second-order valence-corrected chi connectivity index (χ2v) is 9.66.